The molecular formula is C18H2F16N2. The third kappa shape index (κ3) is 3.65. The second-order valence-corrected chi connectivity index (χ2v) is 6.81. The number of nitrogens with zero attached hydrogens (tertiary/aromatic N) is 2. The van der Waals surface area contributed by atoms with Crippen molar-refractivity contribution in [3.63, 3.8) is 0 Å². The normalized spacial score (nSPS) is 14.1. The van der Waals surface area contributed by atoms with E-state index in [-0.39, 0.29) is 12.1 Å². The smallest absolute Gasteiger partial charge is 0.218 e. The topological polar surface area (TPSA) is 47.6 Å². The summed E-state index contributed by atoms with van der Waals surface area (Å²) in [5, 5.41) is 12.2. The number of halogens is 16. The Morgan fingerprint density at radius 2 is 0.694 bits per heavy atom. The van der Waals surface area contributed by atoms with Gasteiger partial charge in [0.15, 0.2) is 0 Å². The molecule has 0 saturated carbocycles. The Morgan fingerprint density at radius 1 is 0.472 bits per heavy atom. The first-order valence-corrected chi connectivity index (χ1v) is 8.38. The minimum absolute atomic E-state index is 0.166. The number of fused-ring (bicyclic) bond motifs is 1. The quantitative estimate of drug-likeness (QED) is 0.365. The first-order chi connectivity index (χ1) is 15.9. The lowest BCUT2D eigenvalue weighted by molar-refractivity contribution is -0.350. The van der Waals surface area contributed by atoms with Gasteiger partial charge in [0.1, 0.15) is 23.8 Å². The van der Waals surface area contributed by atoms with E-state index < -0.39 is 92.8 Å². The number of alkyl halides is 14. The van der Waals surface area contributed by atoms with Crippen molar-refractivity contribution < 1.29 is 70.2 Å². The maximum Gasteiger partial charge on any atom is 0.436 e. The molecule has 196 valence electrons. The maximum absolute atomic E-state index is 14.9. The number of rotatable bonds is 2. The SMILES string of the molecule is N#Cc1c(C#N)c(C(F)(C(F)(F)F)C(F)(F)F)c2c(F)ccc(F)c2c1C(F)(C(F)(F)F)C(F)(F)F. The molecule has 0 N–H and O–H groups in total. The van der Waals surface area contributed by atoms with Gasteiger partial charge in [0.05, 0.1) is 11.1 Å². The van der Waals surface area contributed by atoms with E-state index in [0.717, 1.165) is 0 Å². The zero-order valence-electron chi connectivity index (χ0n) is 16.1. The summed E-state index contributed by atoms with van der Waals surface area (Å²) in [6.07, 6.45) is -29.1. The molecule has 0 bridgehead atoms. The summed E-state index contributed by atoms with van der Waals surface area (Å²) in [6.45, 7) is 0. The Hall–Kier alpha value is -3.44. The Morgan fingerprint density at radius 3 is 0.861 bits per heavy atom. The van der Waals surface area contributed by atoms with E-state index in [4.69, 9.17) is 10.5 Å². The molecule has 0 amide bonds. The van der Waals surface area contributed by atoms with Crippen molar-refractivity contribution in [2.24, 2.45) is 0 Å². The number of hydrogen-bond acceptors (Lipinski definition) is 2. The second-order valence-electron chi connectivity index (χ2n) is 6.81. The van der Waals surface area contributed by atoms with E-state index in [0.29, 0.717) is 0 Å². The fraction of sp³-hybridized carbons (Fsp3) is 0.333. The summed E-state index contributed by atoms with van der Waals surface area (Å²) in [6, 6.07) is -0.544. The van der Waals surface area contributed by atoms with Crippen LogP contribution < -0.4 is 0 Å². The van der Waals surface area contributed by atoms with Gasteiger partial charge in [0.25, 0.3) is 0 Å². The summed E-state index contributed by atoms with van der Waals surface area (Å²) >= 11 is 0. The zero-order chi connectivity index (χ0) is 28.4. The van der Waals surface area contributed by atoms with Gasteiger partial charge in [-0.1, -0.05) is 0 Å². The van der Waals surface area contributed by atoms with Gasteiger partial charge in [-0.25, -0.2) is 17.6 Å². The average Bonchev–Trinajstić information content (AvgIpc) is 2.69. The molecule has 0 unspecified atom stereocenters. The summed E-state index contributed by atoms with van der Waals surface area (Å²) in [4.78, 5) is 0. The van der Waals surface area contributed by atoms with Crippen LogP contribution in [0.15, 0.2) is 12.1 Å². The van der Waals surface area contributed by atoms with Crippen molar-refractivity contribution >= 4 is 10.8 Å². The lowest BCUT2D eigenvalue weighted by Gasteiger charge is -2.35. The van der Waals surface area contributed by atoms with Crippen LogP contribution in [0.2, 0.25) is 0 Å². The van der Waals surface area contributed by atoms with E-state index in [1.165, 1.54) is 0 Å². The summed E-state index contributed by atoms with van der Waals surface area (Å²) in [7, 11) is 0. The molecule has 2 aromatic rings. The third-order valence-electron chi connectivity index (χ3n) is 4.83. The number of nitriles is 2. The molecule has 2 aromatic carbocycles. The van der Waals surface area contributed by atoms with E-state index in [1.54, 1.807) is 0 Å². The van der Waals surface area contributed by atoms with Crippen LogP contribution in [-0.4, -0.2) is 24.7 Å². The van der Waals surface area contributed by atoms with Crippen LogP contribution in [0.1, 0.15) is 22.3 Å². The molecule has 0 atom stereocenters. The fourth-order valence-corrected chi connectivity index (χ4v) is 3.34. The Bertz CT molecular complexity index is 1170. The molecule has 0 aliphatic carbocycles. The van der Waals surface area contributed by atoms with Crippen LogP contribution in [0.5, 0.6) is 0 Å². The van der Waals surface area contributed by atoms with Crippen molar-refractivity contribution in [2.45, 2.75) is 36.0 Å². The van der Waals surface area contributed by atoms with E-state index in [9.17, 15) is 70.2 Å². The van der Waals surface area contributed by atoms with Crippen LogP contribution in [-0.2, 0) is 11.3 Å². The van der Waals surface area contributed by atoms with Gasteiger partial charge in [0.2, 0.25) is 0 Å². The second kappa shape index (κ2) is 8.04. The first kappa shape index (κ1) is 28.8. The largest absolute Gasteiger partial charge is 0.436 e. The van der Waals surface area contributed by atoms with Gasteiger partial charge >= 0.3 is 36.0 Å². The highest BCUT2D eigenvalue weighted by atomic mass is 19.4. The van der Waals surface area contributed by atoms with Gasteiger partial charge in [0, 0.05) is 21.9 Å². The van der Waals surface area contributed by atoms with Crippen molar-refractivity contribution in [2.75, 3.05) is 0 Å². The van der Waals surface area contributed by atoms with E-state index in [2.05, 4.69) is 0 Å². The Balaban J connectivity index is 3.61. The lowest BCUT2D eigenvalue weighted by Crippen LogP contribution is -2.53. The molecule has 0 fully saturated rings. The molecule has 0 radical (unpaired) electrons. The maximum atomic E-state index is 14.9. The van der Waals surface area contributed by atoms with Crippen molar-refractivity contribution in [1.82, 2.24) is 0 Å². The number of benzene rings is 2. The van der Waals surface area contributed by atoms with E-state index >= 15 is 0 Å². The molecule has 2 nitrogen and oxygen atoms in total. The summed E-state index contributed by atoms with van der Waals surface area (Å²) in [5.41, 5.74) is -26.6. The lowest BCUT2D eigenvalue weighted by atomic mass is 9.77. The van der Waals surface area contributed by atoms with Crippen molar-refractivity contribution in [3.8, 4) is 12.1 Å². The van der Waals surface area contributed by atoms with E-state index in [1.807, 2.05) is 0 Å². The summed E-state index contributed by atoms with van der Waals surface area (Å²) in [5.74, 6) is -5.43. The standard InChI is InChI=1S/C18H2F16N2/c19-7-1-2-8(20)10-9(7)11(13(21,15(23,24)25)16(26,27)28)5(3-35)6(4-36)12(10)14(22,17(29,30)31)18(32,33)34/h1-2H. The summed E-state index contributed by atoms with van der Waals surface area (Å²) < 4.78 is 219. The Kier molecular flexibility index (Phi) is 6.43. The van der Waals surface area contributed by atoms with Crippen LogP contribution in [0, 0.1) is 34.3 Å². The molecule has 0 spiro atoms. The highest BCUT2D eigenvalue weighted by molar-refractivity contribution is 5.96. The van der Waals surface area contributed by atoms with Gasteiger partial charge in [-0.2, -0.15) is 63.2 Å². The predicted molar refractivity (Wildman–Crippen MR) is 83.1 cm³/mol. The van der Waals surface area contributed by atoms with Crippen molar-refractivity contribution in [3.05, 3.63) is 46.0 Å². The highest BCUT2D eigenvalue weighted by Crippen LogP contribution is 2.60. The minimum Gasteiger partial charge on any atom is -0.218 e. The van der Waals surface area contributed by atoms with Gasteiger partial charge in [-0.05, 0) is 12.1 Å². The molecule has 0 aliphatic rings. The molecule has 18 heteroatoms. The fourth-order valence-electron chi connectivity index (χ4n) is 3.34. The molecule has 0 heterocycles. The van der Waals surface area contributed by atoms with Crippen LogP contribution in [0.3, 0.4) is 0 Å². The first-order valence-electron chi connectivity index (χ1n) is 8.38. The molecule has 0 aliphatic heterocycles. The van der Waals surface area contributed by atoms with Gasteiger partial charge in [-0.15, -0.1) is 0 Å². The average molecular weight is 550 g/mol. The molecule has 36 heavy (non-hydrogen) atoms. The predicted octanol–water partition coefficient (Wildman–Crippen LogP) is 7.44. The molecule has 0 aromatic heterocycles. The molecule has 0 saturated heterocycles. The van der Waals surface area contributed by atoms with Gasteiger partial charge in [-0.3, -0.25) is 0 Å². The zero-order valence-corrected chi connectivity index (χ0v) is 16.1. The van der Waals surface area contributed by atoms with Crippen molar-refractivity contribution in [1.29, 1.82) is 10.5 Å². The molecular weight excluding hydrogens is 548 g/mol. The van der Waals surface area contributed by atoms with Crippen LogP contribution in [0.25, 0.3) is 10.8 Å². The number of hydrogen-bond donors (Lipinski definition) is 0. The monoisotopic (exact) mass is 550 g/mol. The Labute approximate surface area is 186 Å². The van der Waals surface area contributed by atoms with Crippen LogP contribution >= 0.6 is 0 Å². The van der Waals surface area contributed by atoms with Crippen LogP contribution in [0.4, 0.5) is 70.2 Å². The minimum atomic E-state index is -7.28. The highest BCUT2D eigenvalue weighted by Gasteiger charge is 2.77. The van der Waals surface area contributed by atoms with Gasteiger partial charge < -0.3 is 0 Å². The third-order valence-corrected chi connectivity index (χ3v) is 4.83. The molecule has 2 rings (SSSR count).